The number of benzene rings is 3. The van der Waals surface area contributed by atoms with Crippen LogP contribution in [0.25, 0.3) is 33.1 Å². The number of anilines is 1. The number of ketones is 1. The summed E-state index contributed by atoms with van der Waals surface area (Å²) in [7, 11) is -4.44. The van der Waals surface area contributed by atoms with Crippen LogP contribution < -0.4 is 4.72 Å². The molecule has 0 saturated heterocycles. The van der Waals surface area contributed by atoms with Crippen LogP contribution in [0.4, 0.5) is 18.9 Å². The van der Waals surface area contributed by atoms with E-state index in [9.17, 15) is 22.0 Å². The molecule has 200 valence electrons. The van der Waals surface area contributed by atoms with Gasteiger partial charge in [-0.25, -0.2) is 26.6 Å². The van der Waals surface area contributed by atoms with E-state index in [4.69, 9.17) is 0 Å². The number of nitrogens with one attached hydrogen (secondary N) is 3. The lowest BCUT2D eigenvalue weighted by atomic mass is 9.99. The Balaban J connectivity index is 1.40. The minimum Gasteiger partial charge on any atom is -0.361 e. The van der Waals surface area contributed by atoms with Crippen molar-refractivity contribution in [2.75, 3.05) is 4.72 Å². The first-order chi connectivity index (χ1) is 19.1. The van der Waals surface area contributed by atoms with Crippen LogP contribution in [0.5, 0.6) is 0 Å². The fraction of sp³-hybridized carbons (Fsp3) is 0.0345. The fourth-order valence-corrected chi connectivity index (χ4v) is 5.69. The number of sulfonamides is 1. The van der Waals surface area contributed by atoms with Crippen LogP contribution in [0.3, 0.4) is 0 Å². The first-order valence-electron chi connectivity index (χ1n) is 12.0. The number of carbonyl (C=O) groups excluding carboxylic acids is 1. The third-order valence-electron chi connectivity index (χ3n) is 6.67. The summed E-state index contributed by atoms with van der Waals surface area (Å²) in [5.74, 6) is -4.40. The highest BCUT2D eigenvalue weighted by atomic mass is 32.2. The molecule has 3 N–H and O–H groups in total. The van der Waals surface area contributed by atoms with Crippen LogP contribution in [0, 0.1) is 24.4 Å². The van der Waals surface area contributed by atoms with Gasteiger partial charge in [-0.3, -0.25) is 9.52 Å². The third kappa shape index (κ3) is 4.30. The average molecular weight is 561 g/mol. The number of hydrogen-bond donors (Lipinski definition) is 3. The molecule has 6 aromatic rings. The Kier molecular flexibility index (Phi) is 5.95. The zero-order valence-corrected chi connectivity index (χ0v) is 21.5. The maximum atomic E-state index is 15.5. The minimum atomic E-state index is -4.44. The van der Waals surface area contributed by atoms with Gasteiger partial charge in [0.05, 0.1) is 16.1 Å². The number of H-pyrrole nitrogens is 2. The second-order valence-electron chi connectivity index (χ2n) is 9.23. The molecule has 0 atom stereocenters. The van der Waals surface area contributed by atoms with Gasteiger partial charge in [-0.05, 0) is 66.6 Å². The molecule has 0 spiro atoms. The number of pyridine rings is 1. The SMILES string of the molecule is Cc1c[nH]c2ccc(-c3cnc4[nH]cc(C(=O)c5c(F)ccc(NS(=O)(=O)c6cccc(F)c6)c5F)c4c3)cc12. The van der Waals surface area contributed by atoms with Gasteiger partial charge >= 0.3 is 0 Å². The lowest BCUT2D eigenvalue weighted by Crippen LogP contribution is -2.16. The van der Waals surface area contributed by atoms with Crippen LogP contribution in [0.2, 0.25) is 0 Å². The monoisotopic (exact) mass is 560 g/mol. The molecule has 11 heteroatoms. The highest BCUT2D eigenvalue weighted by molar-refractivity contribution is 7.92. The van der Waals surface area contributed by atoms with Gasteiger partial charge in [0, 0.05) is 46.0 Å². The second kappa shape index (κ2) is 9.38. The number of rotatable bonds is 6. The number of hydrogen-bond acceptors (Lipinski definition) is 4. The number of nitrogens with zero attached hydrogens (tertiary/aromatic N) is 1. The van der Waals surface area contributed by atoms with Crippen molar-refractivity contribution in [2.24, 2.45) is 0 Å². The fourth-order valence-electron chi connectivity index (χ4n) is 4.60. The van der Waals surface area contributed by atoms with Gasteiger partial charge in [0.15, 0.2) is 5.82 Å². The molecule has 0 aliphatic carbocycles. The van der Waals surface area contributed by atoms with Crippen molar-refractivity contribution in [1.82, 2.24) is 15.0 Å². The quantitative estimate of drug-likeness (QED) is 0.203. The van der Waals surface area contributed by atoms with E-state index in [1.807, 2.05) is 36.0 Å². The van der Waals surface area contributed by atoms with Crippen molar-refractivity contribution in [3.63, 3.8) is 0 Å². The van der Waals surface area contributed by atoms with Gasteiger partial charge in [0.2, 0.25) is 5.78 Å². The van der Waals surface area contributed by atoms with Gasteiger partial charge in [-0.1, -0.05) is 12.1 Å². The lowest BCUT2D eigenvalue weighted by Gasteiger charge is -2.12. The van der Waals surface area contributed by atoms with Crippen molar-refractivity contribution in [2.45, 2.75) is 11.8 Å². The molecule has 0 bridgehead atoms. The summed E-state index contributed by atoms with van der Waals surface area (Å²) >= 11 is 0. The Bertz CT molecular complexity index is 2080. The first kappa shape index (κ1) is 25.4. The Morgan fingerprint density at radius 3 is 2.50 bits per heavy atom. The topological polar surface area (TPSA) is 108 Å². The highest BCUT2D eigenvalue weighted by Gasteiger charge is 2.26. The number of halogens is 3. The Morgan fingerprint density at radius 2 is 1.70 bits per heavy atom. The molecule has 0 unspecified atom stereocenters. The molecular formula is C29H19F3N4O3S. The van der Waals surface area contributed by atoms with Crippen molar-refractivity contribution >= 4 is 43.4 Å². The number of aryl methyl sites for hydroxylation is 1. The summed E-state index contributed by atoms with van der Waals surface area (Å²) in [5.41, 5.74) is 2.20. The standard InChI is InChI=1S/C29H19F3N4O3S/c1-15-12-33-24-7-5-16(9-20(15)24)17-10-21-22(14-35-29(21)34-13-17)28(37)26-23(31)6-8-25(27(26)32)36-40(38,39)19-4-2-3-18(30)11-19/h2-14,33,36H,1H3,(H,34,35). The van der Waals surface area contributed by atoms with Crippen LogP contribution in [-0.2, 0) is 10.0 Å². The van der Waals surface area contributed by atoms with Gasteiger partial charge in [-0.15, -0.1) is 0 Å². The Labute approximate surface area is 225 Å². The molecule has 7 nitrogen and oxygen atoms in total. The maximum absolute atomic E-state index is 15.5. The van der Waals surface area contributed by atoms with E-state index in [0.29, 0.717) is 16.6 Å². The summed E-state index contributed by atoms with van der Waals surface area (Å²) in [5, 5.41) is 1.35. The van der Waals surface area contributed by atoms with Gasteiger partial charge in [0.1, 0.15) is 17.3 Å². The van der Waals surface area contributed by atoms with Crippen LogP contribution in [0.15, 0.2) is 84.1 Å². The van der Waals surface area contributed by atoms with Gasteiger partial charge < -0.3 is 9.97 Å². The van der Waals surface area contributed by atoms with Crippen molar-refractivity contribution in [1.29, 1.82) is 0 Å². The molecular weight excluding hydrogens is 541 g/mol. The largest absolute Gasteiger partial charge is 0.361 e. The number of carbonyl (C=O) groups is 1. The number of fused-ring (bicyclic) bond motifs is 2. The minimum absolute atomic E-state index is 0.0498. The third-order valence-corrected chi connectivity index (χ3v) is 8.03. The number of aromatic amines is 2. The van der Waals surface area contributed by atoms with E-state index in [1.165, 1.54) is 12.3 Å². The molecule has 0 aliphatic heterocycles. The molecule has 0 amide bonds. The molecule has 0 aliphatic rings. The second-order valence-corrected chi connectivity index (χ2v) is 10.9. The van der Waals surface area contributed by atoms with E-state index in [0.717, 1.165) is 52.4 Å². The molecule has 0 radical (unpaired) electrons. The molecule has 3 heterocycles. The average Bonchev–Trinajstić information content (AvgIpc) is 3.53. The normalized spacial score (nSPS) is 11.8. The van der Waals surface area contributed by atoms with Crippen LogP contribution in [0.1, 0.15) is 21.5 Å². The smallest absolute Gasteiger partial charge is 0.262 e. The van der Waals surface area contributed by atoms with E-state index in [-0.39, 0.29) is 5.56 Å². The first-order valence-corrected chi connectivity index (χ1v) is 13.5. The zero-order valence-electron chi connectivity index (χ0n) is 20.7. The van der Waals surface area contributed by atoms with Crippen molar-refractivity contribution < 1.29 is 26.4 Å². The van der Waals surface area contributed by atoms with E-state index in [2.05, 4.69) is 15.0 Å². The van der Waals surface area contributed by atoms with E-state index < -0.39 is 49.4 Å². The molecule has 0 fully saturated rings. The molecule has 3 aromatic carbocycles. The molecule has 3 aromatic heterocycles. The van der Waals surface area contributed by atoms with Gasteiger partial charge in [-0.2, -0.15) is 0 Å². The molecule has 6 rings (SSSR count). The highest BCUT2D eigenvalue weighted by Crippen LogP contribution is 2.31. The Hall–Kier alpha value is -4.90. The summed E-state index contributed by atoms with van der Waals surface area (Å²) < 4.78 is 71.3. The van der Waals surface area contributed by atoms with E-state index >= 15 is 4.39 Å². The summed E-state index contributed by atoms with van der Waals surface area (Å²) in [6.45, 7) is 1.97. The van der Waals surface area contributed by atoms with Crippen LogP contribution in [-0.4, -0.2) is 29.2 Å². The van der Waals surface area contributed by atoms with Crippen molar-refractivity contribution in [3.8, 4) is 11.1 Å². The summed E-state index contributed by atoms with van der Waals surface area (Å²) in [4.78, 5) is 23.4. The van der Waals surface area contributed by atoms with Crippen LogP contribution >= 0.6 is 0 Å². The summed E-state index contributed by atoms with van der Waals surface area (Å²) in [6, 6.07) is 13.2. The Morgan fingerprint density at radius 1 is 0.900 bits per heavy atom. The molecule has 40 heavy (non-hydrogen) atoms. The van der Waals surface area contributed by atoms with Gasteiger partial charge in [0.25, 0.3) is 10.0 Å². The lowest BCUT2D eigenvalue weighted by molar-refractivity contribution is 0.103. The maximum Gasteiger partial charge on any atom is 0.262 e. The zero-order chi connectivity index (χ0) is 28.2. The van der Waals surface area contributed by atoms with E-state index in [1.54, 1.807) is 12.3 Å². The number of aromatic nitrogens is 3. The van der Waals surface area contributed by atoms with Crippen molar-refractivity contribution in [3.05, 3.63) is 113 Å². The predicted molar refractivity (Wildman–Crippen MR) is 145 cm³/mol. The predicted octanol–water partition coefficient (Wildman–Crippen LogP) is 6.47. The summed E-state index contributed by atoms with van der Waals surface area (Å²) in [6.07, 6.45) is 4.82. The molecule has 0 saturated carbocycles.